The van der Waals surface area contributed by atoms with E-state index < -0.39 is 17.9 Å². The van der Waals surface area contributed by atoms with Gasteiger partial charge < -0.3 is 5.11 Å². The third-order valence-electron chi connectivity index (χ3n) is 4.12. The molecule has 148 valence electrons. The summed E-state index contributed by atoms with van der Waals surface area (Å²) in [6, 6.07) is 6.19. The Morgan fingerprint density at radius 2 is 1.82 bits per heavy atom. The quantitative estimate of drug-likeness (QED) is 0.374. The lowest BCUT2D eigenvalue weighted by atomic mass is 9.94. The maximum absolute atomic E-state index is 14.7. The summed E-state index contributed by atoms with van der Waals surface area (Å²) in [5.74, 6) is -3.56. The van der Waals surface area contributed by atoms with Crippen LogP contribution in [0.15, 0.2) is 49.6 Å². The molecule has 0 aromatic heterocycles. The number of rotatable bonds is 5. The number of hydrogen-bond acceptors (Lipinski definition) is 1. The standard InChI is InChI=1S/C21H16Cl2F4O/c1-4-13-8-14(5-6-16(13)12(3)28)19(24)10-17(21(25,26)27)15-7-11(2)20(23)18(22)9-15/h4-10,17,28H,1,3H2,2H3/b19-10-. The summed E-state index contributed by atoms with van der Waals surface area (Å²) >= 11 is 11.8. The van der Waals surface area contributed by atoms with Crippen molar-refractivity contribution >= 4 is 40.9 Å². The lowest BCUT2D eigenvalue weighted by Crippen LogP contribution is -2.19. The molecular formula is C21H16Cl2F4O. The molecule has 0 bridgehead atoms. The number of alkyl halides is 3. The SMILES string of the molecule is C=Cc1cc(/C(F)=C/C(c2cc(C)c(Cl)c(Cl)c2)C(F)(F)F)ccc1C(=C)O. The Balaban J connectivity index is 2.56. The summed E-state index contributed by atoms with van der Waals surface area (Å²) in [6.07, 6.45) is -2.92. The van der Waals surface area contributed by atoms with E-state index in [0.717, 1.165) is 6.07 Å². The number of halogens is 6. The number of aryl methyl sites for hydroxylation is 1. The molecule has 0 amide bonds. The van der Waals surface area contributed by atoms with E-state index in [-0.39, 0.29) is 26.9 Å². The van der Waals surface area contributed by atoms with E-state index in [4.69, 9.17) is 23.2 Å². The molecule has 0 spiro atoms. The van der Waals surface area contributed by atoms with Gasteiger partial charge in [0.25, 0.3) is 0 Å². The molecule has 1 N–H and O–H groups in total. The topological polar surface area (TPSA) is 20.2 Å². The second-order valence-electron chi connectivity index (χ2n) is 6.12. The average molecular weight is 431 g/mol. The van der Waals surface area contributed by atoms with Gasteiger partial charge in [0.2, 0.25) is 0 Å². The van der Waals surface area contributed by atoms with Crippen LogP contribution in [0.4, 0.5) is 17.6 Å². The summed E-state index contributed by atoms with van der Waals surface area (Å²) in [4.78, 5) is 0. The van der Waals surface area contributed by atoms with Gasteiger partial charge in [0.1, 0.15) is 17.5 Å². The van der Waals surface area contributed by atoms with Crippen molar-refractivity contribution in [2.24, 2.45) is 0 Å². The van der Waals surface area contributed by atoms with Crippen LogP contribution < -0.4 is 0 Å². The van der Waals surface area contributed by atoms with Crippen LogP contribution in [-0.4, -0.2) is 11.3 Å². The molecule has 0 saturated heterocycles. The number of allylic oxidation sites excluding steroid dienone is 1. The fraction of sp³-hybridized carbons (Fsp3) is 0.143. The van der Waals surface area contributed by atoms with Crippen molar-refractivity contribution in [2.75, 3.05) is 0 Å². The Kier molecular flexibility index (Phi) is 6.63. The number of benzene rings is 2. The van der Waals surface area contributed by atoms with E-state index in [0.29, 0.717) is 22.8 Å². The summed E-state index contributed by atoms with van der Waals surface area (Å²) < 4.78 is 55.6. The largest absolute Gasteiger partial charge is 0.508 e. The second kappa shape index (κ2) is 8.41. The monoisotopic (exact) mass is 430 g/mol. The maximum atomic E-state index is 14.7. The molecule has 1 atom stereocenters. The minimum absolute atomic E-state index is 0.0421. The van der Waals surface area contributed by atoms with Crippen molar-refractivity contribution in [1.82, 2.24) is 0 Å². The van der Waals surface area contributed by atoms with E-state index in [1.165, 1.54) is 37.3 Å². The third kappa shape index (κ3) is 4.78. The van der Waals surface area contributed by atoms with E-state index in [9.17, 15) is 22.7 Å². The van der Waals surface area contributed by atoms with E-state index in [1.54, 1.807) is 0 Å². The first-order chi connectivity index (χ1) is 13.0. The van der Waals surface area contributed by atoms with Gasteiger partial charge in [-0.25, -0.2) is 4.39 Å². The highest BCUT2D eigenvalue weighted by atomic mass is 35.5. The molecular weight excluding hydrogens is 415 g/mol. The fourth-order valence-corrected chi connectivity index (χ4v) is 3.08. The fourth-order valence-electron chi connectivity index (χ4n) is 2.70. The summed E-state index contributed by atoms with van der Waals surface area (Å²) in [5, 5.41) is 9.62. The highest BCUT2D eigenvalue weighted by Gasteiger charge is 2.40. The highest BCUT2D eigenvalue weighted by Crippen LogP contribution is 2.41. The molecule has 28 heavy (non-hydrogen) atoms. The summed E-state index contributed by atoms with van der Waals surface area (Å²) in [6.45, 7) is 8.44. The second-order valence-corrected chi connectivity index (χ2v) is 6.91. The van der Waals surface area contributed by atoms with Crippen LogP contribution in [-0.2, 0) is 0 Å². The van der Waals surface area contributed by atoms with Crippen molar-refractivity contribution < 1.29 is 22.7 Å². The molecule has 0 aliphatic rings. The van der Waals surface area contributed by atoms with Gasteiger partial charge in [0.05, 0.1) is 10.0 Å². The van der Waals surface area contributed by atoms with Crippen LogP contribution in [0, 0.1) is 6.92 Å². The average Bonchev–Trinajstić information content (AvgIpc) is 2.61. The molecule has 0 aliphatic carbocycles. The minimum Gasteiger partial charge on any atom is -0.508 e. The normalized spacial score (nSPS) is 13.3. The van der Waals surface area contributed by atoms with Crippen LogP contribution in [0.5, 0.6) is 0 Å². The van der Waals surface area contributed by atoms with Gasteiger partial charge in [-0.3, -0.25) is 0 Å². The molecule has 2 aromatic rings. The van der Waals surface area contributed by atoms with Crippen LogP contribution in [0.1, 0.15) is 33.7 Å². The molecule has 0 radical (unpaired) electrons. The van der Waals surface area contributed by atoms with Gasteiger partial charge in [-0.2, -0.15) is 13.2 Å². The number of aliphatic hydroxyl groups excluding tert-OH is 1. The van der Waals surface area contributed by atoms with Crippen molar-refractivity contribution in [3.8, 4) is 0 Å². The van der Waals surface area contributed by atoms with Crippen LogP contribution in [0.2, 0.25) is 10.0 Å². The van der Waals surface area contributed by atoms with Crippen molar-refractivity contribution in [1.29, 1.82) is 0 Å². The smallest absolute Gasteiger partial charge is 0.399 e. The molecule has 0 aliphatic heterocycles. The number of hydrogen-bond donors (Lipinski definition) is 1. The predicted molar refractivity (Wildman–Crippen MR) is 107 cm³/mol. The summed E-state index contributed by atoms with van der Waals surface area (Å²) in [7, 11) is 0. The van der Waals surface area contributed by atoms with E-state index >= 15 is 0 Å². The molecule has 7 heteroatoms. The lowest BCUT2D eigenvalue weighted by molar-refractivity contribution is -0.139. The predicted octanol–water partition coefficient (Wildman–Crippen LogP) is 8.13. The third-order valence-corrected chi connectivity index (χ3v) is 5.01. The molecule has 0 heterocycles. The maximum Gasteiger partial charge on any atom is 0.399 e. The summed E-state index contributed by atoms with van der Waals surface area (Å²) in [5.41, 5.74) is 0.679. The minimum atomic E-state index is -4.75. The Hall–Kier alpha value is -2.24. The first-order valence-corrected chi connectivity index (χ1v) is 8.76. The van der Waals surface area contributed by atoms with Crippen LogP contribution in [0.25, 0.3) is 17.7 Å². The highest BCUT2D eigenvalue weighted by molar-refractivity contribution is 6.42. The van der Waals surface area contributed by atoms with Gasteiger partial charge in [-0.1, -0.05) is 54.6 Å². The molecule has 2 rings (SSSR count). The van der Waals surface area contributed by atoms with Crippen molar-refractivity contribution in [2.45, 2.75) is 19.0 Å². The van der Waals surface area contributed by atoms with E-state index in [2.05, 4.69) is 13.2 Å². The van der Waals surface area contributed by atoms with Gasteiger partial charge in [0, 0.05) is 11.1 Å². The Morgan fingerprint density at radius 1 is 1.18 bits per heavy atom. The molecule has 1 unspecified atom stereocenters. The number of aliphatic hydroxyl groups is 1. The first-order valence-electron chi connectivity index (χ1n) is 8.00. The van der Waals surface area contributed by atoms with Crippen LogP contribution in [0.3, 0.4) is 0 Å². The Bertz CT molecular complexity index is 938. The Morgan fingerprint density at radius 3 is 2.32 bits per heavy atom. The zero-order valence-corrected chi connectivity index (χ0v) is 16.3. The molecule has 0 saturated carbocycles. The van der Waals surface area contributed by atoms with Crippen molar-refractivity contribution in [3.05, 3.63) is 87.4 Å². The van der Waals surface area contributed by atoms with Gasteiger partial charge in [0.15, 0.2) is 0 Å². The molecule has 2 aromatic carbocycles. The first kappa shape index (κ1) is 22.1. The van der Waals surface area contributed by atoms with Gasteiger partial charge in [-0.05, 0) is 47.9 Å². The van der Waals surface area contributed by atoms with E-state index in [1.807, 2.05) is 0 Å². The van der Waals surface area contributed by atoms with Gasteiger partial charge >= 0.3 is 6.18 Å². The zero-order chi connectivity index (χ0) is 21.2. The molecule has 0 fully saturated rings. The zero-order valence-electron chi connectivity index (χ0n) is 14.7. The van der Waals surface area contributed by atoms with Crippen molar-refractivity contribution in [3.63, 3.8) is 0 Å². The lowest BCUT2D eigenvalue weighted by Gasteiger charge is -2.19. The Labute approximate surface area is 170 Å². The van der Waals surface area contributed by atoms with Gasteiger partial charge in [-0.15, -0.1) is 0 Å². The molecule has 1 nitrogen and oxygen atoms in total. The van der Waals surface area contributed by atoms with Crippen LogP contribution >= 0.6 is 23.2 Å².